The zero-order valence-corrected chi connectivity index (χ0v) is 14.8. The van der Waals surface area contributed by atoms with Crippen LogP contribution < -0.4 is 10.1 Å². The number of aromatic amines is 1. The molecule has 0 saturated heterocycles. The Hall–Kier alpha value is -2.79. The van der Waals surface area contributed by atoms with Crippen LogP contribution in [0.5, 0.6) is 5.75 Å². The number of hydrogen-bond acceptors (Lipinski definition) is 3. The number of likely N-dealkylation sites (N-methyl/N-ethyl adjacent to an activating group) is 1. The van der Waals surface area contributed by atoms with E-state index in [0.29, 0.717) is 12.3 Å². The van der Waals surface area contributed by atoms with E-state index >= 15 is 0 Å². The lowest BCUT2D eigenvalue weighted by Gasteiger charge is -2.11. The summed E-state index contributed by atoms with van der Waals surface area (Å²) in [6.07, 6.45) is 0. The highest BCUT2D eigenvalue weighted by Crippen LogP contribution is 2.21. The third kappa shape index (κ3) is 4.19. The first-order valence-corrected chi connectivity index (χ1v) is 8.30. The Morgan fingerprint density at radius 1 is 1.16 bits per heavy atom. The van der Waals surface area contributed by atoms with Crippen LogP contribution in [-0.4, -0.2) is 43.0 Å². The van der Waals surface area contributed by atoms with E-state index in [1.54, 1.807) is 0 Å². The Bertz CT molecular complexity index is 866. The van der Waals surface area contributed by atoms with Gasteiger partial charge in [0, 0.05) is 23.1 Å². The molecule has 0 spiro atoms. The highest BCUT2D eigenvalue weighted by Gasteiger charge is 2.11. The largest absolute Gasteiger partial charge is 0.492 e. The Labute approximate surface area is 147 Å². The van der Waals surface area contributed by atoms with Gasteiger partial charge in [-0.3, -0.25) is 4.79 Å². The number of carbonyl (C=O) groups excluding carboxylic acids is 1. The molecule has 0 unspecified atom stereocenters. The van der Waals surface area contributed by atoms with Gasteiger partial charge in [-0.15, -0.1) is 0 Å². The number of nitrogens with zero attached hydrogens (tertiary/aromatic N) is 1. The maximum Gasteiger partial charge on any atom is 0.272 e. The number of rotatable bonds is 6. The van der Waals surface area contributed by atoms with Gasteiger partial charge < -0.3 is 19.9 Å². The van der Waals surface area contributed by atoms with Crippen molar-refractivity contribution in [2.75, 3.05) is 32.6 Å². The van der Waals surface area contributed by atoms with Gasteiger partial charge in [-0.1, -0.05) is 12.1 Å². The molecule has 1 amide bonds. The fourth-order valence-electron chi connectivity index (χ4n) is 2.61. The first kappa shape index (κ1) is 17.0. The SMILES string of the molecule is Cc1cccc2[nH]c(C(=O)Nc3ccc(OCCN(C)C)cc3)cc12. The topological polar surface area (TPSA) is 57.4 Å². The van der Waals surface area contributed by atoms with Gasteiger partial charge in [0.25, 0.3) is 5.91 Å². The van der Waals surface area contributed by atoms with Crippen LogP contribution in [0.4, 0.5) is 5.69 Å². The minimum atomic E-state index is -0.156. The van der Waals surface area contributed by atoms with Crippen molar-refractivity contribution < 1.29 is 9.53 Å². The summed E-state index contributed by atoms with van der Waals surface area (Å²) in [6, 6.07) is 15.3. The molecule has 0 aliphatic rings. The summed E-state index contributed by atoms with van der Waals surface area (Å²) in [7, 11) is 4.01. The summed E-state index contributed by atoms with van der Waals surface area (Å²) < 4.78 is 5.65. The molecule has 130 valence electrons. The molecular weight excluding hydrogens is 314 g/mol. The van der Waals surface area contributed by atoms with E-state index < -0.39 is 0 Å². The lowest BCUT2D eigenvalue weighted by molar-refractivity contribution is 0.102. The second-order valence-corrected chi connectivity index (χ2v) is 6.35. The van der Waals surface area contributed by atoms with Crippen LogP contribution >= 0.6 is 0 Å². The highest BCUT2D eigenvalue weighted by molar-refractivity contribution is 6.06. The molecule has 3 rings (SSSR count). The Morgan fingerprint density at radius 2 is 1.92 bits per heavy atom. The number of fused-ring (bicyclic) bond motifs is 1. The molecule has 0 aliphatic heterocycles. The molecule has 25 heavy (non-hydrogen) atoms. The zero-order chi connectivity index (χ0) is 17.8. The monoisotopic (exact) mass is 337 g/mol. The van der Waals surface area contributed by atoms with Crippen LogP contribution in [0.2, 0.25) is 0 Å². The zero-order valence-electron chi connectivity index (χ0n) is 14.8. The smallest absolute Gasteiger partial charge is 0.272 e. The van der Waals surface area contributed by atoms with Crippen molar-refractivity contribution in [1.82, 2.24) is 9.88 Å². The normalized spacial score (nSPS) is 11.0. The Morgan fingerprint density at radius 3 is 2.60 bits per heavy atom. The molecule has 0 saturated carbocycles. The molecule has 0 aliphatic carbocycles. The predicted octanol–water partition coefficient (Wildman–Crippen LogP) is 3.67. The molecule has 1 heterocycles. The standard InChI is InChI=1S/C20H23N3O2/c1-14-5-4-6-18-17(14)13-19(22-18)20(24)21-15-7-9-16(10-8-15)25-12-11-23(2)3/h4-10,13,22H,11-12H2,1-3H3,(H,21,24). The van der Waals surface area contributed by atoms with Gasteiger partial charge in [0.2, 0.25) is 0 Å². The molecule has 0 atom stereocenters. The minimum absolute atomic E-state index is 0.156. The summed E-state index contributed by atoms with van der Waals surface area (Å²) >= 11 is 0. The van der Waals surface area contributed by atoms with E-state index in [0.717, 1.165) is 34.4 Å². The third-order valence-electron chi connectivity index (χ3n) is 4.05. The first-order chi connectivity index (χ1) is 12.0. The fourth-order valence-corrected chi connectivity index (χ4v) is 2.61. The van der Waals surface area contributed by atoms with Gasteiger partial charge in [-0.2, -0.15) is 0 Å². The summed E-state index contributed by atoms with van der Waals surface area (Å²) in [5.74, 6) is 0.637. The lowest BCUT2D eigenvalue weighted by Crippen LogP contribution is -2.19. The molecule has 2 aromatic carbocycles. The first-order valence-electron chi connectivity index (χ1n) is 8.30. The fraction of sp³-hybridized carbons (Fsp3) is 0.250. The van der Waals surface area contributed by atoms with Crippen molar-refractivity contribution in [2.24, 2.45) is 0 Å². The third-order valence-corrected chi connectivity index (χ3v) is 4.05. The van der Waals surface area contributed by atoms with Gasteiger partial charge >= 0.3 is 0 Å². The van der Waals surface area contributed by atoms with Gasteiger partial charge in [0.15, 0.2) is 0 Å². The number of hydrogen-bond donors (Lipinski definition) is 2. The van der Waals surface area contributed by atoms with Crippen molar-refractivity contribution in [3.8, 4) is 5.75 Å². The van der Waals surface area contributed by atoms with Crippen molar-refractivity contribution in [1.29, 1.82) is 0 Å². The number of amides is 1. The van der Waals surface area contributed by atoms with E-state index in [-0.39, 0.29) is 5.91 Å². The molecule has 0 fully saturated rings. The van der Waals surface area contributed by atoms with Gasteiger partial charge in [0.05, 0.1) is 0 Å². The van der Waals surface area contributed by atoms with E-state index in [4.69, 9.17) is 4.74 Å². The lowest BCUT2D eigenvalue weighted by atomic mass is 10.1. The van der Waals surface area contributed by atoms with Gasteiger partial charge in [-0.05, 0) is 63.0 Å². The summed E-state index contributed by atoms with van der Waals surface area (Å²) in [4.78, 5) is 17.7. The molecule has 1 aromatic heterocycles. The van der Waals surface area contributed by atoms with Crippen LogP contribution in [0.15, 0.2) is 48.5 Å². The predicted molar refractivity (Wildman–Crippen MR) is 101 cm³/mol. The quantitative estimate of drug-likeness (QED) is 0.721. The van der Waals surface area contributed by atoms with Gasteiger partial charge in [-0.25, -0.2) is 0 Å². The molecule has 0 bridgehead atoms. The second kappa shape index (κ2) is 7.40. The van der Waals surface area contributed by atoms with Crippen molar-refractivity contribution >= 4 is 22.5 Å². The number of ether oxygens (including phenoxy) is 1. The maximum atomic E-state index is 12.4. The minimum Gasteiger partial charge on any atom is -0.492 e. The summed E-state index contributed by atoms with van der Waals surface area (Å²) in [5.41, 5.74) is 3.40. The number of anilines is 1. The number of carbonyl (C=O) groups is 1. The van der Waals surface area contributed by atoms with E-state index in [9.17, 15) is 4.79 Å². The van der Waals surface area contributed by atoms with E-state index in [1.165, 1.54) is 0 Å². The van der Waals surface area contributed by atoms with Crippen molar-refractivity contribution in [3.63, 3.8) is 0 Å². The highest BCUT2D eigenvalue weighted by atomic mass is 16.5. The van der Waals surface area contributed by atoms with Crippen molar-refractivity contribution in [3.05, 3.63) is 59.8 Å². The average Bonchev–Trinajstić information content (AvgIpc) is 3.02. The number of nitrogens with one attached hydrogen (secondary N) is 2. The van der Waals surface area contributed by atoms with Crippen LogP contribution in [0.25, 0.3) is 10.9 Å². The van der Waals surface area contributed by atoms with Crippen LogP contribution in [0, 0.1) is 6.92 Å². The number of H-pyrrole nitrogens is 1. The molecule has 5 nitrogen and oxygen atoms in total. The Balaban J connectivity index is 1.64. The molecule has 3 aromatic rings. The second-order valence-electron chi connectivity index (χ2n) is 6.35. The van der Waals surface area contributed by atoms with Crippen LogP contribution in [0.1, 0.15) is 16.1 Å². The van der Waals surface area contributed by atoms with Crippen LogP contribution in [0.3, 0.4) is 0 Å². The number of aryl methyl sites for hydroxylation is 1. The number of aromatic nitrogens is 1. The molecule has 5 heteroatoms. The number of benzene rings is 2. The summed E-state index contributed by atoms with van der Waals surface area (Å²) in [6.45, 7) is 3.53. The molecule has 2 N–H and O–H groups in total. The van der Waals surface area contributed by atoms with Crippen molar-refractivity contribution in [2.45, 2.75) is 6.92 Å². The molecular formula is C20H23N3O2. The van der Waals surface area contributed by atoms with Gasteiger partial charge in [0.1, 0.15) is 18.1 Å². The molecule has 0 radical (unpaired) electrons. The average molecular weight is 337 g/mol. The van der Waals surface area contributed by atoms with Crippen LogP contribution in [-0.2, 0) is 0 Å². The summed E-state index contributed by atoms with van der Waals surface area (Å²) in [5, 5.41) is 3.97. The maximum absolute atomic E-state index is 12.4. The Kier molecular flexibility index (Phi) is 5.05. The van der Waals surface area contributed by atoms with E-state index in [1.807, 2.05) is 69.6 Å². The van der Waals surface area contributed by atoms with E-state index in [2.05, 4.69) is 15.2 Å².